The minimum Gasteiger partial charge on any atom is -0.351 e. The molecule has 2 aromatic rings. The fourth-order valence-electron chi connectivity index (χ4n) is 3.06. The van der Waals surface area contributed by atoms with Crippen molar-refractivity contribution in [3.05, 3.63) is 65.5 Å². The molecule has 0 aromatic heterocycles. The Labute approximate surface area is 140 Å². The van der Waals surface area contributed by atoms with E-state index >= 15 is 0 Å². The molecular formula is C19H19FO2S. The first kappa shape index (κ1) is 16.2. The van der Waals surface area contributed by atoms with E-state index in [0.717, 1.165) is 10.5 Å². The number of carbonyl (C=O) groups excluding carboxylic acids is 1. The third kappa shape index (κ3) is 2.81. The molecule has 2 nitrogen and oxygen atoms in total. The summed E-state index contributed by atoms with van der Waals surface area (Å²) in [6.07, 6.45) is 2.22. The van der Waals surface area contributed by atoms with Gasteiger partial charge in [-0.15, -0.1) is 11.8 Å². The van der Waals surface area contributed by atoms with E-state index in [1.807, 2.05) is 36.6 Å². The van der Waals surface area contributed by atoms with Gasteiger partial charge in [-0.05, 0) is 55.5 Å². The van der Waals surface area contributed by atoms with Crippen molar-refractivity contribution in [3.8, 4) is 0 Å². The largest absolute Gasteiger partial charge is 0.351 e. The van der Waals surface area contributed by atoms with Crippen molar-refractivity contribution >= 4 is 17.5 Å². The Morgan fingerprint density at radius 1 is 1.09 bits per heavy atom. The second-order valence-corrected chi connectivity index (χ2v) is 7.16. The van der Waals surface area contributed by atoms with Crippen LogP contribution in [0.25, 0.3) is 0 Å². The summed E-state index contributed by atoms with van der Waals surface area (Å²) in [5, 5.41) is 0. The average molecular weight is 330 g/mol. The van der Waals surface area contributed by atoms with Gasteiger partial charge in [0, 0.05) is 11.3 Å². The maximum atomic E-state index is 13.8. The number of thioether (sulfide) groups is 1. The Bertz CT molecular complexity index is 739. The number of hydrogen-bond donors (Lipinski definition) is 0. The summed E-state index contributed by atoms with van der Waals surface area (Å²) in [6, 6.07) is 14.3. The normalized spacial score (nSPS) is 23.2. The van der Waals surface area contributed by atoms with Crippen LogP contribution in [-0.2, 0) is 15.1 Å². The summed E-state index contributed by atoms with van der Waals surface area (Å²) >= 11 is 1.65. The number of ketones is 1. The number of carbonyl (C=O) groups is 1. The molecule has 0 aliphatic carbocycles. The Morgan fingerprint density at radius 3 is 2.30 bits per heavy atom. The number of benzene rings is 2. The minimum absolute atomic E-state index is 0.0238. The van der Waals surface area contributed by atoms with Gasteiger partial charge < -0.3 is 4.74 Å². The second-order valence-electron chi connectivity index (χ2n) is 6.28. The van der Waals surface area contributed by atoms with Gasteiger partial charge in [-0.1, -0.05) is 24.3 Å². The van der Waals surface area contributed by atoms with Gasteiger partial charge in [0.15, 0.2) is 5.78 Å². The molecule has 4 heteroatoms. The summed E-state index contributed by atoms with van der Waals surface area (Å²) in [5.74, 6) is -0.306. The Morgan fingerprint density at radius 2 is 1.78 bits per heavy atom. The molecule has 1 fully saturated rings. The zero-order valence-corrected chi connectivity index (χ0v) is 14.2. The van der Waals surface area contributed by atoms with Crippen molar-refractivity contribution in [1.82, 2.24) is 0 Å². The van der Waals surface area contributed by atoms with Crippen LogP contribution in [0, 0.1) is 5.82 Å². The molecule has 120 valence electrons. The molecule has 1 aliphatic heterocycles. The molecule has 0 amide bonds. The average Bonchev–Trinajstić information content (AvgIpc) is 2.78. The highest BCUT2D eigenvalue weighted by atomic mass is 32.2. The van der Waals surface area contributed by atoms with Crippen molar-refractivity contribution in [2.24, 2.45) is 0 Å². The lowest BCUT2D eigenvalue weighted by molar-refractivity contribution is -0.132. The summed E-state index contributed by atoms with van der Waals surface area (Å²) < 4.78 is 20.0. The highest BCUT2D eigenvalue weighted by Crippen LogP contribution is 2.47. The van der Waals surface area contributed by atoms with Crippen LogP contribution in [0.5, 0.6) is 0 Å². The second kappa shape index (κ2) is 5.77. The molecule has 0 N–H and O–H groups in total. The number of Topliss-reactive ketones (excluding diaryl/α,β-unsaturated/α-hetero) is 1. The number of halogens is 1. The SMILES string of the molecule is CSc1ccc(C2(c3cccc(F)c3)CC(=O)C(C)(C)O2)cc1. The molecule has 0 bridgehead atoms. The third-order valence-corrected chi connectivity index (χ3v) is 5.10. The van der Waals surface area contributed by atoms with Crippen LogP contribution in [0.3, 0.4) is 0 Å². The van der Waals surface area contributed by atoms with Crippen molar-refractivity contribution < 1.29 is 13.9 Å². The van der Waals surface area contributed by atoms with Crippen LogP contribution in [0.4, 0.5) is 4.39 Å². The van der Waals surface area contributed by atoms with Gasteiger partial charge in [0.05, 0.1) is 0 Å². The van der Waals surface area contributed by atoms with Gasteiger partial charge in [-0.25, -0.2) is 4.39 Å². The molecule has 1 aliphatic rings. The fraction of sp³-hybridized carbons (Fsp3) is 0.316. The quantitative estimate of drug-likeness (QED) is 0.772. The van der Waals surface area contributed by atoms with E-state index in [-0.39, 0.29) is 18.0 Å². The molecule has 0 saturated carbocycles. The number of ether oxygens (including phenoxy) is 1. The lowest BCUT2D eigenvalue weighted by atomic mass is 9.83. The van der Waals surface area contributed by atoms with Crippen LogP contribution < -0.4 is 0 Å². The van der Waals surface area contributed by atoms with Crippen molar-refractivity contribution in [2.45, 2.75) is 36.4 Å². The molecule has 0 spiro atoms. The maximum Gasteiger partial charge on any atom is 0.167 e. The van der Waals surface area contributed by atoms with Crippen molar-refractivity contribution in [3.63, 3.8) is 0 Å². The van der Waals surface area contributed by atoms with Crippen LogP contribution in [0.1, 0.15) is 31.4 Å². The van der Waals surface area contributed by atoms with E-state index in [0.29, 0.717) is 5.56 Å². The molecule has 2 aromatic carbocycles. The Hall–Kier alpha value is -1.65. The summed E-state index contributed by atoms with van der Waals surface area (Å²) in [6.45, 7) is 3.54. The lowest BCUT2D eigenvalue weighted by Gasteiger charge is -2.32. The van der Waals surface area contributed by atoms with E-state index in [1.54, 1.807) is 31.7 Å². The highest BCUT2D eigenvalue weighted by Gasteiger charge is 2.52. The fourth-order valence-corrected chi connectivity index (χ4v) is 3.46. The maximum absolute atomic E-state index is 13.8. The number of hydrogen-bond acceptors (Lipinski definition) is 3. The van der Waals surface area contributed by atoms with Gasteiger partial charge in [0.25, 0.3) is 0 Å². The van der Waals surface area contributed by atoms with E-state index in [1.165, 1.54) is 12.1 Å². The van der Waals surface area contributed by atoms with Gasteiger partial charge in [-0.2, -0.15) is 0 Å². The zero-order valence-electron chi connectivity index (χ0n) is 13.4. The molecule has 23 heavy (non-hydrogen) atoms. The van der Waals surface area contributed by atoms with Crippen LogP contribution in [0.2, 0.25) is 0 Å². The van der Waals surface area contributed by atoms with Crippen molar-refractivity contribution in [1.29, 1.82) is 0 Å². The van der Waals surface area contributed by atoms with Crippen LogP contribution in [-0.4, -0.2) is 17.6 Å². The molecule has 1 heterocycles. The smallest absolute Gasteiger partial charge is 0.167 e. The van der Waals surface area contributed by atoms with E-state index in [2.05, 4.69) is 0 Å². The summed E-state index contributed by atoms with van der Waals surface area (Å²) in [4.78, 5) is 13.6. The van der Waals surface area contributed by atoms with Gasteiger partial charge in [-0.3, -0.25) is 4.79 Å². The predicted molar refractivity (Wildman–Crippen MR) is 90.2 cm³/mol. The molecular weight excluding hydrogens is 311 g/mol. The highest BCUT2D eigenvalue weighted by molar-refractivity contribution is 7.98. The first-order valence-electron chi connectivity index (χ1n) is 7.51. The minimum atomic E-state index is -0.931. The van der Waals surface area contributed by atoms with E-state index in [4.69, 9.17) is 4.74 Å². The summed E-state index contributed by atoms with van der Waals surface area (Å²) in [7, 11) is 0. The van der Waals surface area contributed by atoms with Gasteiger partial charge in [0.2, 0.25) is 0 Å². The third-order valence-electron chi connectivity index (χ3n) is 4.36. The Balaban J connectivity index is 2.16. The van der Waals surface area contributed by atoms with Crippen LogP contribution in [0.15, 0.2) is 53.4 Å². The lowest BCUT2D eigenvalue weighted by Crippen LogP contribution is -2.32. The van der Waals surface area contributed by atoms with E-state index in [9.17, 15) is 9.18 Å². The molecule has 1 saturated heterocycles. The first-order valence-corrected chi connectivity index (χ1v) is 8.74. The van der Waals surface area contributed by atoms with E-state index < -0.39 is 11.2 Å². The first-order chi connectivity index (χ1) is 10.9. The zero-order chi connectivity index (χ0) is 16.7. The monoisotopic (exact) mass is 330 g/mol. The van der Waals surface area contributed by atoms with Gasteiger partial charge >= 0.3 is 0 Å². The number of rotatable bonds is 3. The standard InChI is InChI=1S/C19H19FO2S/c1-18(2)17(21)12-19(22-18,14-5-4-6-15(20)11-14)13-7-9-16(23-3)10-8-13/h4-11H,12H2,1-3H3. The molecule has 0 radical (unpaired) electrons. The van der Waals surface area contributed by atoms with Gasteiger partial charge in [0.1, 0.15) is 17.0 Å². The molecule has 1 unspecified atom stereocenters. The van der Waals surface area contributed by atoms with Crippen LogP contribution >= 0.6 is 11.8 Å². The summed E-state index contributed by atoms with van der Waals surface area (Å²) in [5.41, 5.74) is -0.266. The Kier molecular flexibility index (Phi) is 4.07. The predicted octanol–water partition coefficient (Wildman–Crippen LogP) is 4.56. The topological polar surface area (TPSA) is 26.3 Å². The van der Waals surface area contributed by atoms with Crippen molar-refractivity contribution in [2.75, 3.05) is 6.26 Å². The molecule has 3 rings (SSSR count). The molecule has 1 atom stereocenters.